The Balaban J connectivity index is 1.66. The van der Waals surface area contributed by atoms with Crippen LogP contribution in [0, 0.1) is 5.92 Å². The van der Waals surface area contributed by atoms with Crippen molar-refractivity contribution in [1.29, 1.82) is 0 Å². The van der Waals surface area contributed by atoms with Gasteiger partial charge in [-0.25, -0.2) is 0 Å². The number of ether oxygens (including phenoxy) is 1. The van der Waals surface area contributed by atoms with Crippen molar-refractivity contribution in [2.24, 2.45) is 5.92 Å². The van der Waals surface area contributed by atoms with E-state index >= 15 is 0 Å². The highest BCUT2D eigenvalue weighted by Gasteiger charge is 2.42. The van der Waals surface area contributed by atoms with Crippen LogP contribution in [0.5, 0.6) is 0 Å². The van der Waals surface area contributed by atoms with Crippen LogP contribution >= 0.6 is 0 Å². The van der Waals surface area contributed by atoms with Crippen molar-refractivity contribution in [3.05, 3.63) is 65.7 Å². The number of likely N-dealkylation sites (N-methyl/N-ethyl adjacent to an activating group) is 1. The van der Waals surface area contributed by atoms with E-state index in [4.69, 9.17) is 4.74 Å². The molecule has 1 unspecified atom stereocenters. The Labute approximate surface area is 193 Å². The van der Waals surface area contributed by atoms with E-state index in [9.17, 15) is 4.79 Å². The summed E-state index contributed by atoms with van der Waals surface area (Å²) < 4.78 is 7.72. The summed E-state index contributed by atoms with van der Waals surface area (Å²) in [4.78, 5) is 14.1. The first-order valence-electron chi connectivity index (χ1n) is 11.7. The molecule has 1 atom stereocenters. The fraction of sp³-hybridized carbons (Fsp3) is 0.429. The van der Waals surface area contributed by atoms with Crippen LogP contribution in [0.25, 0.3) is 6.08 Å². The number of benzene rings is 2. The van der Waals surface area contributed by atoms with Gasteiger partial charge in [0.1, 0.15) is 13.7 Å². The van der Waals surface area contributed by atoms with Gasteiger partial charge in [0, 0.05) is 29.9 Å². The second-order valence-corrected chi connectivity index (χ2v) is 9.07. The van der Waals surface area contributed by atoms with Gasteiger partial charge < -0.3 is 9.64 Å². The summed E-state index contributed by atoms with van der Waals surface area (Å²) in [5.41, 5.74) is 6.22. The molecule has 4 nitrogen and oxygen atoms in total. The van der Waals surface area contributed by atoms with Gasteiger partial charge in [0.25, 0.3) is 0 Å². The summed E-state index contributed by atoms with van der Waals surface area (Å²) in [6.45, 7) is 12.6. The van der Waals surface area contributed by atoms with Gasteiger partial charge in [0.2, 0.25) is 5.69 Å². The third kappa shape index (κ3) is 4.95. The second-order valence-electron chi connectivity index (χ2n) is 9.07. The third-order valence-corrected chi connectivity index (χ3v) is 6.63. The molecule has 0 bridgehead atoms. The van der Waals surface area contributed by atoms with Crippen LogP contribution in [-0.4, -0.2) is 43.0 Å². The smallest absolute Gasteiger partial charge is 0.308 e. The molecule has 4 heteroatoms. The number of allylic oxidation sites excluding steroid dienone is 1. The number of hydrogen-bond donors (Lipinski definition) is 0. The molecule has 0 saturated carbocycles. The van der Waals surface area contributed by atoms with E-state index in [1.807, 2.05) is 13.8 Å². The Bertz CT molecular complexity index is 1000. The highest BCUT2D eigenvalue weighted by atomic mass is 16.5. The summed E-state index contributed by atoms with van der Waals surface area (Å²) in [6.07, 6.45) is 5.23. The molecule has 3 rings (SSSR count). The van der Waals surface area contributed by atoms with E-state index in [1.54, 1.807) is 0 Å². The third-order valence-electron chi connectivity index (χ3n) is 6.63. The van der Waals surface area contributed by atoms with Gasteiger partial charge in [-0.3, -0.25) is 4.79 Å². The highest BCUT2D eigenvalue weighted by Crippen LogP contribution is 2.39. The lowest BCUT2D eigenvalue weighted by Gasteiger charge is -2.23. The van der Waals surface area contributed by atoms with E-state index in [2.05, 4.69) is 98.0 Å². The zero-order valence-electron chi connectivity index (χ0n) is 20.4. The molecule has 0 spiro atoms. The van der Waals surface area contributed by atoms with Crippen molar-refractivity contribution < 1.29 is 14.1 Å². The lowest BCUT2D eigenvalue weighted by Crippen LogP contribution is -2.28. The molecule has 1 aliphatic heterocycles. The molecule has 0 aliphatic carbocycles. The second kappa shape index (κ2) is 10.2. The standard InChI is InChI=1S/C28H37N2O2/c1-7-21(3)27(31)32-20-19-30(8-2)23-16-13-22(14-17-23)15-18-26-28(4,5)24-11-9-10-12-25(24)29(26)6/h9-18,21H,7-8,19-20H2,1-6H3/q+1. The Morgan fingerprint density at radius 2 is 1.78 bits per heavy atom. The Morgan fingerprint density at radius 3 is 2.41 bits per heavy atom. The SMILES string of the molecule is CCC(C)C(=O)OCCN(CC)c1ccc(/C=C/C2=[N+](C)c3ccccc3C2(C)C)cc1. The summed E-state index contributed by atoms with van der Waals surface area (Å²) in [5.74, 6) is -0.144. The fourth-order valence-corrected chi connectivity index (χ4v) is 4.31. The van der Waals surface area contributed by atoms with Crippen LogP contribution in [-0.2, 0) is 14.9 Å². The van der Waals surface area contributed by atoms with E-state index in [0.29, 0.717) is 13.2 Å². The zero-order chi connectivity index (χ0) is 23.3. The van der Waals surface area contributed by atoms with Gasteiger partial charge in [0.05, 0.1) is 17.9 Å². The summed E-state index contributed by atoms with van der Waals surface area (Å²) in [6, 6.07) is 17.2. The molecular formula is C28H37N2O2+. The van der Waals surface area contributed by atoms with E-state index in [1.165, 1.54) is 22.5 Å². The molecule has 0 fully saturated rings. The zero-order valence-corrected chi connectivity index (χ0v) is 20.4. The predicted molar refractivity (Wildman–Crippen MR) is 134 cm³/mol. The minimum absolute atomic E-state index is 0.0203. The molecule has 0 N–H and O–H groups in total. The van der Waals surface area contributed by atoms with Crippen LogP contribution in [0.15, 0.2) is 54.6 Å². The maximum absolute atomic E-state index is 11.9. The predicted octanol–water partition coefficient (Wildman–Crippen LogP) is 5.82. The molecule has 0 saturated heterocycles. The fourth-order valence-electron chi connectivity index (χ4n) is 4.31. The van der Waals surface area contributed by atoms with E-state index in [-0.39, 0.29) is 17.3 Å². The maximum atomic E-state index is 11.9. The molecule has 2 aromatic carbocycles. The molecule has 0 amide bonds. The topological polar surface area (TPSA) is 32.5 Å². The van der Waals surface area contributed by atoms with E-state index < -0.39 is 0 Å². The number of esters is 1. The number of carbonyl (C=O) groups excluding carboxylic acids is 1. The summed E-state index contributed by atoms with van der Waals surface area (Å²) >= 11 is 0. The number of anilines is 1. The number of para-hydroxylation sites is 1. The number of hydrogen-bond acceptors (Lipinski definition) is 3. The van der Waals surface area contributed by atoms with Gasteiger partial charge in [-0.15, -0.1) is 0 Å². The van der Waals surface area contributed by atoms with Crippen LogP contribution < -0.4 is 4.90 Å². The molecule has 170 valence electrons. The first-order chi connectivity index (χ1) is 15.3. The van der Waals surface area contributed by atoms with Gasteiger partial charge in [-0.2, -0.15) is 4.58 Å². The largest absolute Gasteiger partial charge is 0.464 e. The van der Waals surface area contributed by atoms with Gasteiger partial charge in [-0.05, 0) is 51.0 Å². The molecule has 0 radical (unpaired) electrons. The van der Waals surface area contributed by atoms with Crippen LogP contribution in [0.2, 0.25) is 0 Å². The lowest BCUT2D eigenvalue weighted by atomic mass is 9.81. The Kier molecular flexibility index (Phi) is 7.55. The first kappa shape index (κ1) is 23.8. The minimum atomic E-state index is -0.108. The monoisotopic (exact) mass is 433 g/mol. The van der Waals surface area contributed by atoms with Crippen molar-refractivity contribution in [2.75, 3.05) is 31.6 Å². The highest BCUT2D eigenvalue weighted by molar-refractivity contribution is 6.05. The van der Waals surface area contributed by atoms with Crippen molar-refractivity contribution in [3.8, 4) is 0 Å². The number of carbonyl (C=O) groups is 1. The lowest BCUT2D eigenvalue weighted by molar-refractivity contribution is -0.401. The number of fused-ring (bicyclic) bond motifs is 1. The normalized spacial score (nSPS) is 15.7. The van der Waals surface area contributed by atoms with Gasteiger partial charge >= 0.3 is 5.97 Å². The van der Waals surface area contributed by atoms with Crippen molar-refractivity contribution in [1.82, 2.24) is 0 Å². The molecule has 1 heterocycles. The van der Waals surface area contributed by atoms with Crippen LogP contribution in [0.4, 0.5) is 11.4 Å². The quantitative estimate of drug-likeness (QED) is 0.369. The summed E-state index contributed by atoms with van der Waals surface area (Å²) in [7, 11) is 2.14. The molecular weight excluding hydrogens is 396 g/mol. The molecule has 32 heavy (non-hydrogen) atoms. The average Bonchev–Trinajstić information content (AvgIpc) is 3.00. The Hall–Kier alpha value is -2.88. The van der Waals surface area contributed by atoms with Crippen molar-refractivity contribution in [3.63, 3.8) is 0 Å². The maximum Gasteiger partial charge on any atom is 0.308 e. The molecule has 0 aromatic heterocycles. The summed E-state index contributed by atoms with van der Waals surface area (Å²) in [5, 5.41) is 0. The van der Waals surface area contributed by atoms with Crippen LogP contribution in [0.1, 0.15) is 52.2 Å². The van der Waals surface area contributed by atoms with Gasteiger partial charge in [-0.1, -0.05) is 44.2 Å². The number of nitrogens with zero attached hydrogens (tertiary/aromatic N) is 2. The first-order valence-corrected chi connectivity index (χ1v) is 11.7. The molecule has 1 aliphatic rings. The Morgan fingerprint density at radius 1 is 1.09 bits per heavy atom. The number of rotatable bonds is 9. The van der Waals surface area contributed by atoms with Gasteiger partial charge in [0.15, 0.2) is 5.71 Å². The average molecular weight is 434 g/mol. The van der Waals surface area contributed by atoms with Crippen LogP contribution in [0.3, 0.4) is 0 Å². The van der Waals surface area contributed by atoms with Crippen molar-refractivity contribution in [2.45, 2.75) is 46.5 Å². The molecule has 2 aromatic rings. The van der Waals surface area contributed by atoms with E-state index in [0.717, 1.165) is 18.7 Å². The van der Waals surface area contributed by atoms with Crippen molar-refractivity contribution >= 4 is 29.1 Å². The minimum Gasteiger partial charge on any atom is -0.464 e.